The van der Waals surface area contributed by atoms with E-state index < -0.39 is 0 Å². The van der Waals surface area contributed by atoms with E-state index in [0.29, 0.717) is 6.04 Å². The molecule has 0 aromatic carbocycles. The minimum atomic E-state index is -0.226. The highest BCUT2D eigenvalue weighted by Crippen LogP contribution is 2.31. The zero-order valence-electron chi connectivity index (χ0n) is 10.3. The topological polar surface area (TPSA) is 50.1 Å². The summed E-state index contributed by atoms with van der Waals surface area (Å²) in [6, 6.07) is 0.491. The third-order valence-electron chi connectivity index (χ3n) is 3.74. The molecule has 0 amide bonds. The summed E-state index contributed by atoms with van der Waals surface area (Å²) in [6.07, 6.45) is 4.73. The molecule has 1 aromatic rings. The third-order valence-corrected chi connectivity index (χ3v) is 3.74. The fraction of sp³-hybridized carbons (Fsp3) is 0.750. The summed E-state index contributed by atoms with van der Waals surface area (Å²) < 4.78 is 2.00. The summed E-state index contributed by atoms with van der Waals surface area (Å²) >= 11 is 0. The molecule has 0 aliphatic heterocycles. The molecule has 1 aliphatic rings. The van der Waals surface area contributed by atoms with E-state index in [1.165, 1.54) is 11.3 Å². The van der Waals surface area contributed by atoms with E-state index in [2.05, 4.69) is 24.3 Å². The fourth-order valence-electron chi connectivity index (χ4n) is 2.56. The quantitative estimate of drug-likeness (QED) is 0.817. The van der Waals surface area contributed by atoms with Gasteiger partial charge in [0.05, 0.1) is 18.3 Å². The van der Waals surface area contributed by atoms with E-state index in [-0.39, 0.29) is 12.1 Å². The molecule has 1 saturated carbocycles. The van der Waals surface area contributed by atoms with Gasteiger partial charge in [0.2, 0.25) is 0 Å². The van der Waals surface area contributed by atoms with E-state index in [1.807, 2.05) is 17.9 Å². The summed E-state index contributed by atoms with van der Waals surface area (Å²) in [4.78, 5) is 0. The maximum atomic E-state index is 9.90. The van der Waals surface area contributed by atoms with Crippen LogP contribution in [0, 0.1) is 6.92 Å². The highest BCUT2D eigenvalue weighted by Gasteiger charge is 2.29. The number of aliphatic hydroxyl groups is 1. The van der Waals surface area contributed by atoms with Crippen molar-refractivity contribution in [3.8, 4) is 0 Å². The lowest BCUT2D eigenvalue weighted by atomic mass is 10.1. The number of nitrogens with one attached hydrogen (secondary N) is 1. The van der Waals surface area contributed by atoms with Crippen molar-refractivity contribution in [1.82, 2.24) is 15.1 Å². The number of hydrogen-bond donors (Lipinski definition) is 2. The summed E-state index contributed by atoms with van der Waals surface area (Å²) in [7, 11) is 1.95. The molecule has 0 radical (unpaired) electrons. The number of nitrogens with zero attached hydrogens (tertiary/aromatic N) is 2. The average Bonchev–Trinajstić information content (AvgIpc) is 2.84. The molecular formula is C12H21N3O. The van der Waals surface area contributed by atoms with Gasteiger partial charge in [-0.3, -0.25) is 4.68 Å². The third kappa shape index (κ3) is 1.87. The van der Waals surface area contributed by atoms with E-state index in [9.17, 15) is 5.11 Å². The summed E-state index contributed by atoms with van der Waals surface area (Å²) in [5.41, 5.74) is 2.40. The molecule has 1 aliphatic carbocycles. The first kappa shape index (κ1) is 11.6. The van der Waals surface area contributed by atoms with E-state index in [1.54, 1.807) is 0 Å². The lowest BCUT2D eigenvalue weighted by Crippen LogP contribution is -2.21. The van der Waals surface area contributed by atoms with Gasteiger partial charge in [-0.2, -0.15) is 5.10 Å². The number of hydrogen-bond acceptors (Lipinski definition) is 3. The normalized spacial score (nSPS) is 27.2. The molecule has 0 bridgehead atoms. The number of rotatable bonds is 3. The van der Waals surface area contributed by atoms with Crippen molar-refractivity contribution in [3.05, 3.63) is 17.5 Å². The van der Waals surface area contributed by atoms with Crippen LogP contribution in [0.15, 0.2) is 6.20 Å². The molecular weight excluding hydrogens is 202 g/mol. The van der Waals surface area contributed by atoms with Crippen LogP contribution in [0.1, 0.15) is 49.5 Å². The Bertz CT molecular complexity index is 361. The zero-order valence-corrected chi connectivity index (χ0v) is 10.3. The monoisotopic (exact) mass is 223 g/mol. The highest BCUT2D eigenvalue weighted by molar-refractivity contribution is 5.20. The van der Waals surface area contributed by atoms with Gasteiger partial charge in [-0.1, -0.05) is 0 Å². The van der Waals surface area contributed by atoms with Gasteiger partial charge in [0.1, 0.15) is 0 Å². The first-order chi connectivity index (χ1) is 7.65. The molecule has 4 heteroatoms. The van der Waals surface area contributed by atoms with Crippen LogP contribution in [0.2, 0.25) is 0 Å². The lowest BCUT2D eigenvalue weighted by Gasteiger charge is -2.18. The van der Waals surface area contributed by atoms with Crippen LogP contribution in [0.5, 0.6) is 0 Å². The molecule has 0 spiro atoms. The van der Waals surface area contributed by atoms with Crippen molar-refractivity contribution in [2.24, 2.45) is 0 Å². The standard InChI is InChI=1S/C12H21N3O/c1-8(13-3)10-7-14-15(9(10)2)11-5-4-6-12(11)16/h7-8,11-13,16H,4-6H2,1-3H3. The van der Waals surface area contributed by atoms with E-state index >= 15 is 0 Å². The second-order valence-corrected chi connectivity index (χ2v) is 4.71. The van der Waals surface area contributed by atoms with Crippen molar-refractivity contribution >= 4 is 0 Å². The lowest BCUT2D eigenvalue weighted by molar-refractivity contribution is 0.129. The Kier molecular flexibility index (Phi) is 3.30. The molecule has 2 N–H and O–H groups in total. The van der Waals surface area contributed by atoms with Crippen LogP contribution < -0.4 is 5.32 Å². The molecule has 16 heavy (non-hydrogen) atoms. The Morgan fingerprint density at radius 2 is 2.31 bits per heavy atom. The highest BCUT2D eigenvalue weighted by atomic mass is 16.3. The van der Waals surface area contributed by atoms with E-state index in [4.69, 9.17) is 0 Å². The van der Waals surface area contributed by atoms with Crippen LogP contribution >= 0.6 is 0 Å². The molecule has 90 valence electrons. The van der Waals surface area contributed by atoms with E-state index in [0.717, 1.165) is 19.3 Å². The molecule has 4 nitrogen and oxygen atoms in total. The van der Waals surface area contributed by atoms with Crippen LogP contribution in [-0.4, -0.2) is 28.0 Å². The van der Waals surface area contributed by atoms with Crippen LogP contribution in [-0.2, 0) is 0 Å². The van der Waals surface area contributed by atoms with Gasteiger partial charge in [0, 0.05) is 17.3 Å². The summed E-state index contributed by atoms with van der Waals surface area (Å²) in [5, 5.41) is 17.6. The molecule has 1 aromatic heterocycles. The summed E-state index contributed by atoms with van der Waals surface area (Å²) in [5.74, 6) is 0. The van der Waals surface area contributed by atoms with Crippen molar-refractivity contribution in [2.75, 3.05) is 7.05 Å². The Morgan fingerprint density at radius 1 is 1.56 bits per heavy atom. The van der Waals surface area contributed by atoms with Crippen molar-refractivity contribution < 1.29 is 5.11 Å². The van der Waals surface area contributed by atoms with Crippen molar-refractivity contribution in [2.45, 2.75) is 51.3 Å². The Hall–Kier alpha value is -0.870. The SMILES string of the molecule is CNC(C)c1cnn(C2CCCC2O)c1C. The summed E-state index contributed by atoms with van der Waals surface area (Å²) in [6.45, 7) is 4.21. The van der Waals surface area contributed by atoms with Gasteiger partial charge >= 0.3 is 0 Å². The zero-order chi connectivity index (χ0) is 11.7. The predicted octanol–water partition coefficient (Wildman–Crippen LogP) is 1.56. The van der Waals surface area contributed by atoms with Gasteiger partial charge in [-0.05, 0) is 40.2 Å². The minimum absolute atomic E-state index is 0.179. The molecule has 1 fully saturated rings. The molecule has 2 rings (SSSR count). The minimum Gasteiger partial charge on any atom is -0.391 e. The maximum absolute atomic E-state index is 9.90. The number of aliphatic hydroxyl groups excluding tert-OH is 1. The van der Waals surface area contributed by atoms with Crippen molar-refractivity contribution in [1.29, 1.82) is 0 Å². The van der Waals surface area contributed by atoms with Gasteiger partial charge < -0.3 is 10.4 Å². The number of aromatic nitrogens is 2. The van der Waals surface area contributed by atoms with Crippen molar-refractivity contribution in [3.63, 3.8) is 0 Å². The molecule has 0 saturated heterocycles. The maximum Gasteiger partial charge on any atom is 0.0781 e. The second kappa shape index (κ2) is 4.55. The largest absolute Gasteiger partial charge is 0.391 e. The Balaban J connectivity index is 2.26. The van der Waals surface area contributed by atoms with Crippen LogP contribution in [0.4, 0.5) is 0 Å². The first-order valence-corrected chi connectivity index (χ1v) is 6.04. The molecule has 3 atom stereocenters. The van der Waals surface area contributed by atoms with Crippen LogP contribution in [0.3, 0.4) is 0 Å². The van der Waals surface area contributed by atoms with Gasteiger partial charge in [-0.15, -0.1) is 0 Å². The fourth-order valence-corrected chi connectivity index (χ4v) is 2.56. The Labute approximate surface area is 96.7 Å². The van der Waals surface area contributed by atoms with Gasteiger partial charge in [0.25, 0.3) is 0 Å². The predicted molar refractivity (Wildman–Crippen MR) is 63.3 cm³/mol. The average molecular weight is 223 g/mol. The first-order valence-electron chi connectivity index (χ1n) is 6.04. The van der Waals surface area contributed by atoms with Crippen LogP contribution in [0.25, 0.3) is 0 Å². The Morgan fingerprint density at radius 3 is 2.88 bits per heavy atom. The van der Waals surface area contributed by atoms with Gasteiger partial charge in [-0.25, -0.2) is 0 Å². The molecule has 1 heterocycles. The van der Waals surface area contributed by atoms with Gasteiger partial charge in [0.15, 0.2) is 0 Å². The molecule has 3 unspecified atom stereocenters. The second-order valence-electron chi connectivity index (χ2n) is 4.71. The smallest absolute Gasteiger partial charge is 0.0781 e.